The second kappa shape index (κ2) is 10.3. The van der Waals surface area contributed by atoms with E-state index >= 15 is 0 Å². The number of amides is 1. The predicted molar refractivity (Wildman–Crippen MR) is 105 cm³/mol. The van der Waals surface area contributed by atoms with Crippen molar-refractivity contribution in [1.29, 1.82) is 0 Å². The molecular weight excluding hydrogens is 352 g/mol. The highest BCUT2D eigenvalue weighted by molar-refractivity contribution is 6.30. The van der Waals surface area contributed by atoms with Crippen LogP contribution in [0.15, 0.2) is 24.3 Å². The SMILES string of the molecule is COCCOCC(=O)NC1CCC(Cc2ccc(Cl)cc2)(N(C)C)CC1. The molecule has 0 aliphatic heterocycles. The number of hydrogen-bond acceptors (Lipinski definition) is 4. The summed E-state index contributed by atoms with van der Waals surface area (Å²) in [4.78, 5) is 14.3. The lowest BCUT2D eigenvalue weighted by molar-refractivity contribution is -0.127. The minimum Gasteiger partial charge on any atom is -0.382 e. The molecule has 0 saturated heterocycles. The fraction of sp³-hybridized carbons (Fsp3) is 0.650. The minimum atomic E-state index is -0.0406. The minimum absolute atomic E-state index is 0.0406. The van der Waals surface area contributed by atoms with E-state index in [1.165, 1.54) is 5.56 Å². The van der Waals surface area contributed by atoms with E-state index in [4.69, 9.17) is 21.1 Å². The van der Waals surface area contributed by atoms with Crippen molar-refractivity contribution in [2.24, 2.45) is 0 Å². The van der Waals surface area contributed by atoms with Gasteiger partial charge >= 0.3 is 0 Å². The maximum atomic E-state index is 12.0. The van der Waals surface area contributed by atoms with Crippen LogP contribution in [0.4, 0.5) is 0 Å². The lowest BCUT2D eigenvalue weighted by atomic mass is 9.75. The third-order valence-electron chi connectivity index (χ3n) is 5.34. The van der Waals surface area contributed by atoms with Gasteiger partial charge in [0.1, 0.15) is 6.61 Å². The Morgan fingerprint density at radius 3 is 2.46 bits per heavy atom. The molecule has 1 aromatic rings. The summed E-state index contributed by atoms with van der Waals surface area (Å²) in [5, 5.41) is 3.87. The summed E-state index contributed by atoms with van der Waals surface area (Å²) < 4.78 is 10.2. The van der Waals surface area contributed by atoms with Crippen LogP contribution in [0.3, 0.4) is 0 Å². The van der Waals surface area contributed by atoms with Crippen LogP contribution in [0.25, 0.3) is 0 Å². The first kappa shape index (κ1) is 21.2. The molecular formula is C20H31ClN2O3. The molecule has 0 bridgehead atoms. The molecule has 0 atom stereocenters. The van der Waals surface area contributed by atoms with Gasteiger partial charge < -0.3 is 19.7 Å². The number of carbonyl (C=O) groups excluding carboxylic acids is 1. The summed E-state index contributed by atoms with van der Waals surface area (Å²) in [5.74, 6) is -0.0406. The van der Waals surface area contributed by atoms with Crippen LogP contribution >= 0.6 is 11.6 Å². The van der Waals surface area contributed by atoms with Gasteiger partial charge in [-0.2, -0.15) is 0 Å². The van der Waals surface area contributed by atoms with Crippen molar-refractivity contribution >= 4 is 17.5 Å². The van der Waals surface area contributed by atoms with Gasteiger partial charge in [-0.25, -0.2) is 0 Å². The summed E-state index contributed by atoms with van der Waals surface area (Å²) >= 11 is 6.01. The first-order valence-corrected chi connectivity index (χ1v) is 9.61. The predicted octanol–water partition coefficient (Wildman–Crippen LogP) is 2.90. The molecule has 1 amide bonds. The number of nitrogens with one attached hydrogen (secondary N) is 1. The standard InChI is InChI=1S/C20H31ClN2O3/c1-23(2)20(14-16-4-6-17(21)7-5-16)10-8-18(9-11-20)22-19(24)15-26-13-12-25-3/h4-7,18H,8-15H2,1-3H3,(H,22,24). The van der Waals surface area contributed by atoms with Crippen molar-refractivity contribution in [1.82, 2.24) is 10.2 Å². The first-order chi connectivity index (χ1) is 12.4. The number of carbonyl (C=O) groups is 1. The van der Waals surface area contributed by atoms with Gasteiger partial charge in [-0.15, -0.1) is 0 Å². The topological polar surface area (TPSA) is 50.8 Å². The van der Waals surface area contributed by atoms with E-state index < -0.39 is 0 Å². The zero-order chi connectivity index (χ0) is 19.0. The number of hydrogen-bond donors (Lipinski definition) is 1. The van der Waals surface area contributed by atoms with E-state index in [1.807, 2.05) is 12.1 Å². The third-order valence-corrected chi connectivity index (χ3v) is 5.59. The molecule has 2 rings (SSSR count). The molecule has 1 saturated carbocycles. The number of halogens is 1. The molecule has 1 aromatic carbocycles. The van der Waals surface area contributed by atoms with Crippen LogP contribution in [-0.2, 0) is 20.7 Å². The maximum Gasteiger partial charge on any atom is 0.246 e. The van der Waals surface area contributed by atoms with Gasteiger partial charge in [0.25, 0.3) is 0 Å². The highest BCUT2D eigenvalue weighted by atomic mass is 35.5. The Morgan fingerprint density at radius 1 is 1.23 bits per heavy atom. The number of nitrogens with zero attached hydrogens (tertiary/aromatic N) is 1. The lowest BCUT2D eigenvalue weighted by Gasteiger charge is -2.45. The molecule has 0 spiro atoms. The fourth-order valence-corrected chi connectivity index (χ4v) is 3.77. The zero-order valence-electron chi connectivity index (χ0n) is 16.1. The third kappa shape index (κ3) is 6.23. The molecule has 0 unspecified atom stereocenters. The van der Waals surface area contributed by atoms with Gasteiger partial charge in [0.05, 0.1) is 13.2 Å². The largest absolute Gasteiger partial charge is 0.382 e. The first-order valence-electron chi connectivity index (χ1n) is 9.23. The van der Waals surface area contributed by atoms with Crippen LogP contribution in [0.2, 0.25) is 5.02 Å². The molecule has 0 aromatic heterocycles. The Kier molecular flexibility index (Phi) is 8.35. The van der Waals surface area contributed by atoms with E-state index in [9.17, 15) is 4.79 Å². The quantitative estimate of drug-likeness (QED) is 0.667. The molecule has 1 N–H and O–H groups in total. The Bertz CT molecular complexity index is 555. The van der Waals surface area contributed by atoms with Crippen molar-refractivity contribution in [2.75, 3.05) is 41.0 Å². The second-order valence-corrected chi connectivity index (χ2v) is 7.75. The summed E-state index contributed by atoms with van der Waals surface area (Å²) in [6, 6.07) is 8.36. The summed E-state index contributed by atoms with van der Waals surface area (Å²) in [5.41, 5.74) is 1.43. The van der Waals surface area contributed by atoms with Crippen molar-refractivity contribution in [2.45, 2.75) is 43.7 Å². The normalized spacial score (nSPS) is 23.2. The second-order valence-electron chi connectivity index (χ2n) is 7.31. The highest BCUT2D eigenvalue weighted by Gasteiger charge is 2.37. The number of rotatable bonds is 9. The summed E-state index contributed by atoms with van der Waals surface area (Å²) in [7, 11) is 5.92. The Morgan fingerprint density at radius 2 is 1.88 bits per heavy atom. The van der Waals surface area contributed by atoms with Gasteiger partial charge in [-0.05, 0) is 63.9 Å². The smallest absolute Gasteiger partial charge is 0.246 e. The summed E-state index contributed by atoms with van der Waals surface area (Å²) in [6.07, 6.45) is 5.07. The molecule has 1 fully saturated rings. The van der Waals surface area contributed by atoms with Crippen LogP contribution in [-0.4, -0.2) is 63.4 Å². The lowest BCUT2D eigenvalue weighted by Crippen LogP contribution is -2.52. The van der Waals surface area contributed by atoms with Gasteiger partial charge in [-0.1, -0.05) is 23.7 Å². The van der Waals surface area contributed by atoms with Crippen LogP contribution in [0.5, 0.6) is 0 Å². The van der Waals surface area contributed by atoms with Crippen LogP contribution < -0.4 is 5.32 Å². The Hall–Kier alpha value is -1.14. The monoisotopic (exact) mass is 382 g/mol. The molecule has 1 aliphatic rings. The van der Waals surface area contributed by atoms with Gasteiger partial charge in [-0.3, -0.25) is 4.79 Å². The van der Waals surface area contributed by atoms with Gasteiger partial charge in [0.15, 0.2) is 0 Å². The molecule has 0 heterocycles. The van der Waals surface area contributed by atoms with Crippen LogP contribution in [0.1, 0.15) is 31.2 Å². The highest BCUT2D eigenvalue weighted by Crippen LogP contribution is 2.35. The van der Waals surface area contributed by atoms with Crippen molar-refractivity contribution in [3.8, 4) is 0 Å². The van der Waals surface area contributed by atoms with E-state index in [-0.39, 0.29) is 24.1 Å². The van der Waals surface area contributed by atoms with Crippen LogP contribution in [0, 0.1) is 0 Å². The number of likely N-dealkylation sites (N-methyl/N-ethyl adjacent to an activating group) is 1. The van der Waals surface area contributed by atoms with E-state index in [2.05, 4.69) is 36.4 Å². The number of methoxy groups -OCH3 is 1. The average molecular weight is 383 g/mol. The maximum absolute atomic E-state index is 12.0. The average Bonchev–Trinajstić information content (AvgIpc) is 2.62. The Labute approximate surface area is 162 Å². The van der Waals surface area contributed by atoms with Gasteiger partial charge in [0.2, 0.25) is 5.91 Å². The number of ether oxygens (including phenoxy) is 2. The molecule has 5 nitrogen and oxygen atoms in total. The van der Waals surface area contributed by atoms with Crippen molar-refractivity contribution in [3.63, 3.8) is 0 Å². The van der Waals surface area contributed by atoms with Crippen molar-refractivity contribution < 1.29 is 14.3 Å². The van der Waals surface area contributed by atoms with E-state index in [1.54, 1.807) is 7.11 Å². The fourth-order valence-electron chi connectivity index (χ4n) is 3.64. The molecule has 6 heteroatoms. The Balaban J connectivity index is 1.84. The molecule has 146 valence electrons. The molecule has 1 aliphatic carbocycles. The van der Waals surface area contributed by atoms with Crippen molar-refractivity contribution in [3.05, 3.63) is 34.9 Å². The zero-order valence-corrected chi connectivity index (χ0v) is 16.8. The summed E-state index contributed by atoms with van der Waals surface area (Å²) in [6.45, 7) is 1.05. The molecule has 26 heavy (non-hydrogen) atoms. The van der Waals surface area contributed by atoms with E-state index in [0.717, 1.165) is 37.1 Å². The van der Waals surface area contributed by atoms with E-state index in [0.29, 0.717) is 13.2 Å². The van der Waals surface area contributed by atoms with Gasteiger partial charge in [0, 0.05) is 23.7 Å². The molecule has 0 radical (unpaired) electrons. The number of benzene rings is 1.